The zero-order valence-electron chi connectivity index (χ0n) is 18.5. The smallest absolute Gasteiger partial charge is 0.329 e. The van der Waals surface area contributed by atoms with Crippen LogP contribution in [0.15, 0.2) is 53.9 Å². The van der Waals surface area contributed by atoms with E-state index in [2.05, 4.69) is 0 Å². The van der Waals surface area contributed by atoms with E-state index in [9.17, 15) is 9.59 Å². The Balaban J connectivity index is 1.41. The summed E-state index contributed by atoms with van der Waals surface area (Å²) >= 11 is 1.57. The first-order valence-corrected chi connectivity index (χ1v) is 12.3. The Bertz CT molecular complexity index is 1150. The summed E-state index contributed by atoms with van der Waals surface area (Å²) in [5, 5.41) is 2.93. The van der Waals surface area contributed by atoms with Gasteiger partial charge >= 0.3 is 5.97 Å². The summed E-state index contributed by atoms with van der Waals surface area (Å²) in [6.07, 6.45) is 5.07. The molecule has 0 N–H and O–H groups in total. The van der Waals surface area contributed by atoms with Gasteiger partial charge in [-0.2, -0.15) is 0 Å². The van der Waals surface area contributed by atoms with Crippen LogP contribution in [0.3, 0.4) is 0 Å². The van der Waals surface area contributed by atoms with Gasteiger partial charge in [-0.15, -0.1) is 11.3 Å². The molecule has 33 heavy (non-hydrogen) atoms. The van der Waals surface area contributed by atoms with Crippen LogP contribution in [0.25, 0.3) is 21.8 Å². The average molecular weight is 463 g/mol. The summed E-state index contributed by atoms with van der Waals surface area (Å²) in [5.74, 6) is -0.0429. The third kappa shape index (κ3) is 4.50. The fourth-order valence-electron chi connectivity index (χ4n) is 4.43. The predicted octanol–water partition coefficient (Wildman–Crippen LogP) is 5.47. The highest BCUT2D eigenvalue weighted by molar-refractivity contribution is 7.13. The standard InChI is InChI=1S/C26H26N2O4S/c1-17(26(30)32-20-10-6-3-7-11-20)28-22-14-19(12-13-23(22)31-15-24(28)29)21-16-33-25(27-21)18-8-4-2-5-9-18/h2,4-5,8-9,12-14,16-17,20H,3,6-7,10-11,15H2,1H3. The van der Waals surface area contributed by atoms with Gasteiger partial charge in [0.1, 0.15) is 22.9 Å². The van der Waals surface area contributed by atoms with Crippen LogP contribution in [0, 0.1) is 0 Å². The first-order valence-electron chi connectivity index (χ1n) is 11.4. The van der Waals surface area contributed by atoms with Crippen LogP contribution in [0.5, 0.6) is 5.75 Å². The minimum Gasteiger partial charge on any atom is -0.482 e. The molecule has 1 aromatic heterocycles. The molecular weight excluding hydrogens is 436 g/mol. The second-order valence-electron chi connectivity index (χ2n) is 8.51. The van der Waals surface area contributed by atoms with Gasteiger partial charge in [0.05, 0.1) is 11.4 Å². The van der Waals surface area contributed by atoms with Gasteiger partial charge in [-0.05, 0) is 50.8 Å². The molecule has 2 heterocycles. The van der Waals surface area contributed by atoms with Crippen LogP contribution in [-0.4, -0.2) is 35.6 Å². The number of fused-ring (bicyclic) bond motifs is 1. The summed E-state index contributed by atoms with van der Waals surface area (Å²) in [5.41, 5.74) is 3.32. The molecule has 3 aromatic rings. The van der Waals surface area contributed by atoms with E-state index < -0.39 is 6.04 Å². The number of carbonyl (C=O) groups is 2. The number of ether oxygens (including phenoxy) is 2. The maximum atomic E-state index is 12.9. The quantitative estimate of drug-likeness (QED) is 0.471. The van der Waals surface area contributed by atoms with Crippen molar-refractivity contribution in [2.45, 2.75) is 51.2 Å². The molecule has 0 bridgehead atoms. The fraction of sp³-hybridized carbons (Fsp3) is 0.346. The molecule has 2 aromatic carbocycles. The molecule has 1 atom stereocenters. The summed E-state index contributed by atoms with van der Waals surface area (Å²) in [6.45, 7) is 1.63. The van der Waals surface area contributed by atoms with Crippen LogP contribution < -0.4 is 9.64 Å². The zero-order valence-corrected chi connectivity index (χ0v) is 19.3. The first-order chi connectivity index (χ1) is 16.1. The zero-order chi connectivity index (χ0) is 22.8. The largest absolute Gasteiger partial charge is 0.482 e. The third-order valence-electron chi connectivity index (χ3n) is 6.22. The summed E-state index contributed by atoms with van der Waals surface area (Å²) in [7, 11) is 0. The molecule has 5 rings (SSSR count). The van der Waals surface area contributed by atoms with Crippen molar-refractivity contribution >= 4 is 28.9 Å². The summed E-state index contributed by atoms with van der Waals surface area (Å²) < 4.78 is 11.4. The van der Waals surface area contributed by atoms with Crippen molar-refractivity contribution in [3.63, 3.8) is 0 Å². The Labute approximate surface area is 197 Å². The number of nitrogens with zero attached hydrogens (tertiary/aromatic N) is 2. The molecule has 0 spiro atoms. The number of rotatable bonds is 5. The lowest BCUT2D eigenvalue weighted by Gasteiger charge is -2.34. The van der Waals surface area contributed by atoms with E-state index in [1.54, 1.807) is 18.3 Å². The molecule has 1 aliphatic carbocycles. The molecule has 1 saturated carbocycles. The lowest BCUT2D eigenvalue weighted by atomic mass is 9.98. The van der Waals surface area contributed by atoms with Crippen molar-refractivity contribution in [1.29, 1.82) is 0 Å². The number of hydrogen-bond donors (Lipinski definition) is 0. The molecule has 7 heteroatoms. The van der Waals surface area contributed by atoms with Gasteiger partial charge in [0.25, 0.3) is 5.91 Å². The van der Waals surface area contributed by atoms with E-state index >= 15 is 0 Å². The van der Waals surface area contributed by atoms with E-state index in [1.165, 1.54) is 11.3 Å². The average Bonchev–Trinajstić information content (AvgIpc) is 3.35. The summed E-state index contributed by atoms with van der Waals surface area (Å²) in [6, 6.07) is 14.9. The number of benzene rings is 2. The predicted molar refractivity (Wildman–Crippen MR) is 128 cm³/mol. The van der Waals surface area contributed by atoms with Gasteiger partial charge in [-0.1, -0.05) is 36.8 Å². The number of esters is 1. The van der Waals surface area contributed by atoms with Crippen LogP contribution in [0.4, 0.5) is 5.69 Å². The molecule has 1 amide bonds. The lowest BCUT2D eigenvalue weighted by molar-refractivity contribution is -0.152. The van der Waals surface area contributed by atoms with Gasteiger partial charge in [0.15, 0.2) is 6.61 Å². The number of hydrogen-bond acceptors (Lipinski definition) is 6. The Hall–Kier alpha value is -3.19. The van der Waals surface area contributed by atoms with Crippen LogP contribution in [-0.2, 0) is 14.3 Å². The Morgan fingerprint density at radius 3 is 2.70 bits per heavy atom. The SMILES string of the molecule is CC(C(=O)OC1CCCCC1)N1C(=O)COc2ccc(-c3csc(-c4ccccc4)n3)cc21. The van der Waals surface area contributed by atoms with Crippen molar-refractivity contribution in [3.8, 4) is 27.6 Å². The highest BCUT2D eigenvalue weighted by atomic mass is 32.1. The number of thiazole rings is 1. The summed E-state index contributed by atoms with van der Waals surface area (Å²) in [4.78, 5) is 32.0. The molecule has 2 aliphatic rings. The van der Waals surface area contributed by atoms with Crippen LogP contribution in [0.2, 0.25) is 0 Å². The Morgan fingerprint density at radius 2 is 1.91 bits per heavy atom. The van der Waals surface area contributed by atoms with E-state index in [0.29, 0.717) is 11.4 Å². The van der Waals surface area contributed by atoms with Gasteiger partial charge in [0.2, 0.25) is 0 Å². The monoisotopic (exact) mass is 462 g/mol. The molecule has 170 valence electrons. The molecule has 1 aliphatic heterocycles. The van der Waals surface area contributed by atoms with Crippen molar-refractivity contribution in [2.75, 3.05) is 11.5 Å². The molecule has 6 nitrogen and oxygen atoms in total. The third-order valence-corrected chi connectivity index (χ3v) is 7.11. The van der Waals surface area contributed by atoms with Crippen molar-refractivity contribution in [2.24, 2.45) is 0 Å². The topological polar surface area (TPSA) is 68.7 Å². The van der Waals surface area contributed by atoms with Gasteiger partial charge in [-0.3, -0.25) is 9.69 Å². The van der Waals surface area contributed by atoms with E-state index in [1.807, 2.05) is 53.9 Å². The van der Waals surface area contributed by atoms with E-state index in [-0.39, 0.29) is 24.6 Å². The fourth-order valence-corrected chi connectivity index (χ4v) is 5.26. The maximum Gasteiger partial charge on any atom is 0.329 e. The van der Waals surface area contributed by atoms with Gasteiger partial charge < -0.3 is 9.47 Å². The number of aromatic nitrogens is 1. The first kappa shape index (κ1) is 21.6. The highest BCUT2D eigenvalue weighted by Gasteiger charge is 2.35. The minimum atomic E-state index is -0.729. The normalized spacial score (nSPS) is 17.2. The van der Waals surface area contributed by atoms with E-state index in [4.69, 9.17) is 14.5 Å². The number of carbonyl (C=O) groups excluding carboxylic acids is 2. The second kappa shape index (κ2) is 9.35. The lowest BCUT2D eigenvalue weighted by Crippen LogP contribution is -2.49. The molecule has 1 unspecified atom stereocenters. The molecule has 0 radical (unpaired) electrons. The number of anilines is 1. The maximum absolute atomic E-state index is 12.9. The van der Waals surface area contributed by atoms with Crippen LogP contribution >= 0.6 is 11.3 Å². The van der Waals surface area contributed by atoms with Gasteiger partial charge in [0, 0.05) is 16.5 Å². The van der Waals surface area contributed by atoms with Crippen molar-refractivity contribution < 1.29 is 19.1 Å². The Kier molecular flexibility index (Phi) is 6.13. The minimum absolute atomic E-state index is 0.0536. The van der Waals surface area contributed by atoms with Crippen molar-refractivity contribution in [3.05, 3.63) is 53.9 Å². The Morgan fingerprint density at radius 1 is 1.12 bits per heavy atom. The van der Waals surface area contributed by atoms with Crippen molar-refractivity contribution in [1.82, 2.24) is 4.98 Å². The van der Waals surface area contributed by atoms with Gasteiger partial charge in [-0.25, -0.2) is 9.78 Å². The molecule has 1 fully saturated rings. The molecular formula is C26H26N2O4S. The highest BCUT2D eigenvalue weighted by Crippen LogP contribution is 2.38. The number of amides is 1. The van der Waals surface area contributed by atoms with E-state index in [0.717, 1.165) is 47.5 Å². The second-order valence-corrected chi connectivity index (χ2v) is 9.37. The molecule has 0 saturated heterocycles. The van der Waals surface area contributed by atoms with Crippen LogP contribution in [0.1, 0.15) is 39.0 Å².